The predicted molar refractivity (Wildman–Crippen MR) is 99.7 cm³/mol. The number of nitrogens with two attached hydrogens (primary N) is 1. The highest BCUT2D eigenvalue weighted by molar-refractivity contribution is 14.0. The molecule has 0 saturated heterocycles. The van der Waals surface area contributed by atoms with Crippen molar-refractivity contribution in [1.82, 2.24) is 5.32 Å². The first-order chi connectivity index (χ1) is 10.2. The fourth-order valence-electron chi connectivity index (χ4n) is 1.84. The van der Waals surface area contributed by atoms with Crippen molar-refractivity contribution in [3.8, 4) is 11.5 Å². The van der Waals surface area contributed by atoms with E-state index in [2.05, 4.69) is 10.3 Å². The minimum Gasteiger partial charge on any atom is -0.493 e. The van der Waals surface area contributed by atoms with Crippen LogP contribution in [0.15, 0.2) is 23.2 Å². The Hall–Kier alpha value is -1.22. The Kier molecular flexibility index (Phi) is 11.7. The first kappa shape index (κ1) is 20.8. The first-order valence-corrected chi connectivity index (χ1v) is 6.95. The summed E-state index contributed by atoms with van der Waals surface area (Å²) in [6.07, 6.45) is 1.70. The Morgan fingerprint density at radius 1 is 1.18 bits per heavy atom. The van der Waals surface area contributed by atoms with Gasteiger partial charge in [0.15, 0.2) is 17.5 Å². The summed E-state index contributed by atoms with van der Waals surface area (Å²) in [6, 6.07) is 5.87. The van der Waals surface area contributed by atoms with E-state index in [-0.39, 0.29) is 24.0 Å². The molecule has 0 saturated carbocycles. The summed E-state index contributed by atoms with van der Waals surface area (Å²) in [4.78, 5) is 4.21. The maximum atomic E-state index is 5.78. The van der Waals surface area contributed by atoms with Crippen LogP contribution in [-0.4, -0.2) is 47.0 Å². The number of rotatable bonds is 9. The molecule has 0 aliphatic rings. The summed E-state index contributed by atoms with van der Waals surface area (Å²) in [5.74, 6) is 1.93. The van der Waals surface area contributed by atoms with Gasteiger partial charge in [0.05, 0.1) is 14.2 Å². The molecule has 1 rings (SSSR count). The van der Waals surface area contributed by atoms with Crippen LogP contribution < -0.4 is 20.5 Å². The van der Waals surface area contributed by atoms with Gasteiger partial charge in [-0.05, 0) is 30.5 Å². The molecule has 0 amide bonds. The van der Waals surface area contributed by atoms with Crippen molar-refractivity contribution in [1.29, 1.82) is 0 Å². The lowest BCUT2D eigenvalue weighted by Gasteiger charge is -2.10. The van der Waals surface area contributed by atoms with Crippen LogP contribution >= 0.6 is 24.0 Å². The van der Waals surface area contributed by atoms with E-state index < -0.39 is 0 Å². The summed E-state index contributed by atoms with van der Waals surface area (Å²) in [7, 11) is 4.93. The normalized spacial score (nSPS) is 10.8. The number of methoxy groups -OCH3 is 3. The molecule has 1 aromatic rings. The topological polar surface area (TPSA) is 78.1 Å². The van der Waals surface area contributed by atoms with E-state index in [1.807, 2.05) is 18.2 Å². The third-order valence-corrected chi connectivity index (χ3v) is 2.96. The molecule has 3 N–H and O–H groups in total. The van der Waals surface area contributed by atoms with E-state index in [0.717, 1.165) is 36.4 Å². The van der Waals surface area contributed by atoms with Crippen LogP contribution in [0.4, 0.5) is 0 Å². The maximum absolute atomic E-state index is 5.78. The van der Waals surface area contributed by atoms with Gasteiger partial charge in [-0.25, -0.2) is 0 Å². The molecule has 0 atom stereocenters. The lowest BCUT2D eigenvalue weighted by Crippen LogP contribution is -2.33. The largest absolute Gasteiger partial charge is 0.493 e. The summed E-state index contributed by atoms with van der Waals surface area (Å²) < 4.78 is 15.4. The molecule has 1 aromatic carbocycles. The van der Waals surface area contributed by atoms with E-state index in [9.17, 15) is 0 Å². The number of ether oxygens (including phenoxy) is 3. The van der Waals surface area contributed by atoms with Gasteiger partial charge < -0.3 is 25.3 Å². The van der Waals surface area contributed by atoms with Crippen molar-refractivity contribution in [2.75, 3.05) is 41.0 Å². The average molecular weight is 423 g/mol. The first-order valence-electron chi connectivity index (χ1n) is 6.95. The molecule has 0 bridgehead atoms. The quantitative estimate of drug-likeness (QED) is 0.274. The van der Waals surface area contributed by atoms with E-state index in [1.54, 1.807) is 21.3 Å². The van der Waals surface area contributed by atoms with Gasteiger partial charge in [-0.2, -0.15) is 0 Å². The molecular weight excluding hydrogens is 397 g/mol. The fraction of sp³-hybridized carbons (Fsp3) is 0.533. The number of nitrogens with zero attached hydrogens (tertiary/aromatic N) is 1. The molecule has 0 aliphatic heterocycles. The highest BCUT2D eigenvalue weighted by Gasteiger charge is 2.04. The number of hydrogen-bond acceptors (Lipinski definition) is 4. The molecule has 0 fully saturated rings. The number of hydrogen-bond donors (Lipinski definition) is 2. The Bertz CT molecular complexity index is 456. The third-order valence-electron chi connectivity index (χ3n) is 2.96. The Morgan fingerprint density at radius 2 is 1.91 bits per heavy atom. The molecule has 0 spiro atoms. The van der Waals surface area contributed by atoms with Gasteiger partial charge in [-0.3, -0.25) is 4.99 Å². The van der Waals surface area contributed by atoms with Crippen LogP contribution in [0.25, 0.3) is 0 Å². The number of aliphatic imine (C=N–C) groups is 1. The molecule has 0 heterocycles. The van der Waals surface area contributed by atoms with Gasteiger partial charge in [0.2, 0.25) is 0 Å². The lowest BCUT2D eigenvalue weighted by molar-refractivity contribution is 0.197. The standard InChI is InChI=1S/C15H25N3O3.HI/c1-19-10-4-8-17-15(16)18-9-7-12-5-6-13(20-2)14(11-12)21-3;/h5-6,11H,4,7-10H2,1-3H3,(H3,16,17,18);1H. The minimum atomic E-state index is 0. The molecule has 0 aromatic heterocycles. The number of guanidine groups is 1. The van der Waals surface area contributed by atoms with Crippen LogP contribution in [0, 0.1) is 0 Å². The van der Waals surface area contributed by atoms with E-state index in [4.69, 9.17) is 19.9 Å². The number of nitrogens with one attached hydrogen (secondary N) is 1. The van der Waals surface area contributed by atoms with Crippen LogP contribution in [0.1, 0.15) is 12.0 Å². The van der Waals surface area contributed by atoms with Crippen molar-refractivity contribution >= 4 is 29.9 Å². The minimum absolute atomic E-state index is 0. The maximum Gasteiger partial charge on any atom is 0.188 e. The Balaban J connectivity index is 0.00000441. The second-order valence-electron chi connectivity index (χ2n) is 4.48. The van der Waals surface area contributed by atoms with Crippen molar-refractivity contribution in [2.45, 2.75) is 12.8 Å². The van der Waals surface area contributed by atoms with Crippen LogP contribution in [0.3, 0.4) is 0 Å². The summed E-state index contributed by atoms with van der Waals surface area (Å²) in [6.45, 7) is 2.08. The second kappa shape index (κ2) is 12.3. The highest BCUT2D eigenvalue weighted by atomic mass is 127. The SMILES string of the molecule is COCCCN=C(N)NCCc1ccc(OC)c(OC)c1.I. The summed E-state index contributed by atoms with van der Waals surface area (Å²) in [5, 5.41) is 3.09. The van der Waals surface area contributed by atoms with Crippen LogP contribution in [0.5, 0.6) is 11.5 Å². The third kappa shape index (κ3) is 7.69. The van der Waals surface area contributed by atoms with Crippen molar-refractivity contribution < 1.29 is 14.2 Å². The zero-order chi connectivity index (χ0) is 15.5. The Morgan fingerprint density at radius 3 is 2.55 bits per heavy atom. The van der Waals surface area contributed by atoms with Crippen molar-refractivity contribution in [3.63, 3.8) is 0 Å². The average Bonchev–Trinajstić information content (AvgIpc) is 2.51. The molecule has 22 heavy (non-hydrogen) atoms. The molecule has 0 radical (unpaired) electrons. The number of halogens is 1. The fourth-order valence-corrected chi connectivity index (χ4v) is 1.84. The van der Waals surface area contributed by atoms with Gasteiger partial charge in [0.25, 0.3) is 0 Å². The molecule has 126 valence electrons. The van der Waals surface area contributed by atoms with Gasteiger partial charge >= 0.3 is 0 Å². The summed E-state index contributed by atoms with van der Waals surface area (Å²) in [5.41, 5.74) is 6.92. The molecule has 0 unspecified atom stereocenters. The number of benzene rings is 1. The van der Waals surface area contributed by atoms with Gasteiger partial charge in [-0.1, -0.05) is 6.07 Å². The van der Waals surface area contributed by atoms with Crippen molar-refractivity contribution in [2.24, 2.45) is 10.7 Å². The van der Waals surface area contributed by atoms with Gasteiger partial charge in [-0.15, -0.1) is 24.0 Å². The van der Waals surface area contributed by atoms with Crippen LogP contribution in [0.2, 0.25) is 0 Å². The molecule has 0 aliphatic carbocycles. The zero-order valence-corrected chi connectivity index (χ0v) is 15.8. The van der Waals surface area contributed by atoms with E-state index in [1.165, 1.54) is 0 Å². The molecular formula is C15H26IN3O3. The Labute approximate surface area is 149 Å². The van der Waals surface area contributed by atoms with E-state index >= 15 is 0 Å². The smallest absolute Gasteiger partial charge is 0.188 e. The zero-order valence-electron chi connectivity index (χ0n) is 13.4. The monoisotopic (exact) mass is 423 g/mol. The van der Waals surface area contributed by atoms with Crippen molar-refractivity contribution in [3.05, 3.63) is 23.8 Å². The lowest BCUT2D eigenvalue weighted by atomic mass is 10.1. The summed E-state index contributed by atoms with van der Waals surface area (Å²) >= 11 is 0. The second-order valence-corrected chi connectivity index (χ2v) is 4.48. The molecule has 6 nitrogen and oxygen atoms in total. The van der Waals surface area contributed by atoms with Crippen LogP contribution in [-0.2, 0) is 11.2 Å². The van der Waals surface area contributed by atoms with Gasteiger partial charge in [0.1, 0.15) is 0 Å². The highest BCUT2D eigenvalue weighted by Crippen LogP contribution is 2.27. The molecule has 7 heteroatoms. The van der Waals surface area contributed by atoms with Gasteiger partial charge in [0, 0.05) is 26.8 Å². The predicted octanol–water partition coefficient (Wildman–Crippen LogP) is 1.81. The van der Waals surface area contributed by atoms with E-state index in [0.29, 0.717) is 19.1 Å².